The molecular formula is C12H14N2O2. The van der Waals surface area contributed by atoms with Crippen LogP contribution in [0.3, 0.4) is 0 Å². The summed E-state index contributed by atoms with van der Waals surface area (Å²) in [7, 11) is 0. The van der Waals surface area contributed by atoms with Crippen LogP contribution in [0.25, 0.3) is 0 Å². The number of benzene rings is 1. The lowest BCUT2D eigenvalue weighted by atomic mass is 10.1. The smallest absolute Gasteiger partial charge is 0.269 e. The number of hydrogen-bond donors (Lipinski definition) is 0. The molecule has 1 heterocycles. The van der Waals surface area contributed by atoms with Gasteiger partial charge in [-0.05, 0) is 25.0 Å². The van der Waals surface area contributed by atoms with Gasteiger partial charge in [-0.1, -0.05) is 12.2 Å². The molecule has 0 spiro atoms. The fraction of sp³-hybridized carbons (Fsp3) is 0.333. The molecule has 1 aliphatic heterocycles. The van der Waals surface area contributed by atoms with E-state index in [0.29, 0.717) is 0 Å². The predicted octanol–water partition coefficient (Wildman–Crippen LogP) is 2.75. The lowest BCUT2D eigenvalue weighted by molar-refractivity contribution is -0.384. The maximum Gasteiger partial charge on any atom is 0.269 e. The Labute approximate surface area is 94.3 Å². The quantitative estimate of drug-likeness (QED) is 0.435. The minimum absolute atomic E-state index is 0.144. The molecule has 0 saturated carbocycles. The lowest BCUT2D eigenvalue weighted by Crippen LogP contribution is -2.30. The third kappa shape index (κ3) is 2.21. The van der Waals surface area contributed by atoms with Crippen molar-refractivity contribution in [2.24, 2.45) is 0 Å². The molecule has 0 aliphatic carbocycles. The third-order valence-corrected chi connectivity index (χ3v) is 2.90. The van der Waals surface area contributed by atoms with Crippen molar-refractivity contribution >= 4 is 11.4 Å². The monoisotopic (exact) mass is 218 g/mol. The van der Waals surface area contributed by atoms with Crippen LogP contribution in [0.2, 0.25) is 0 Å². The Hall–Kier alpha value is -1.84. The summed E-state index contributed by atoms with van der Waals surface area (Å²) in [4.78, 5) is 12.4. The minimum Gasteiger partial charge on any atom is -0.371 e. The van der Waals surface area contributed by atoms with Crippen molar-refractivity contribution in [3.05, 3.63) is 46.5 Å². The van der Waals surface area contributed by atoms with Gasteiger partial charge in [0.25, 0.3) is 5.69 Å². The number of hydrogen-bond acceptors (Lipinski definition) is 3. The number of nitro groups is 1. The molecule has 84 valence electrons. The van der Waals surface area contributed by atoms with Crippen molar-refractivity contribution in [1.29, 1.82) is 0 Å². The Morgan fingerprint density at radius 1 is 1.19 bits per heavy atom. The number of nitrogens with zero attached hydrogens (tertiary/aromatic N) is 2. The van der Waals surface area contributed by atoms with Gasteiger partial charge in [-0.3, -0.25) is 10.1 Å². The van der Waals surface area contributed by atoms with E-state index in [4.69, 9.17) is 0 Å². The van der Waals surface area contributed by atoms with Crippen molar-refractivity contribution in [3.8, 4) is 0 Å². The summed E-state index contributed by atoms with van der Waals surface area (Å²) in [6.07, 6.45) is 2.02. The molecule has 2 rings (SSSR count). The second kappa shape index (κ2) is 4.35. The maximum atomic E-state index is 10.5. The molecular weight excluding hydrogens is 204 g/mol. The van der Waals surface area contributed by atoms with Gasteiger partial charge >= 0.3 is 0 Å². The molecule has 4 nitrogen and oxygen atoms in total. The van der Waals surface area contributed by atoms with E-state index >= 15 is 0 Å². The predicted molar refractivity (Wildman–Crippen MR) is 63.7 cm³/mol. The normalized spacial score (nSPS) is 16.2. The van der Waals surface area contributed by atoms with Gasteiger partial charge in [-0.2, -0.15) is 0 Å². The largest absolute Gasteiger partial charge is 0.371 e. The molecule has 0 amide bonds. The van der Waals surface area contributed by atoms with Crippen LogP contribution in [0.4, 0.5) is 11.4 Å². The summed E-state index contributed by atoms with van der Waals surface area (Å²) < 4.78 is 0. The molecule has 1 aromatic carbocycles. The Balaban J connectivity index is 2.10. The first-order chi connectivity index (χ1) is 7.66. The Morgan fingerprint density at radius 3 is 2.25 bits per heavy atom. The van der Waals surface area contributed by atoms with Crippen LogP contribution >= 0.6 is 0 Å². The van der Waals surface area contributed by atoms with Gasteiger partial charge in [-0.15, -0.1) is 0 Å². The summed E-state index contributed by atoms with van der Waals surface area (Å²) in [5.74, 6) is 0. The Kier molecular flexibility index (Phi) is 2.90. The maximum absolute atomic E-state index is 10.5. The van der Waals surface area contributed by atoms with E-state index in [9.17, 15) is 10.1 Å². The molecule has 0 radical (unpaired) electrons. The zero-order valence-electron chi connectivity index (χ0n) is 9.06. The lowest BCUT2D eigenvalue weighted by Gasteiger charge is -2.29. The van der Waals surface area contributed by atoms with Crippen molar-refractivity contribution in [2.45, 2.75) is 12.8 Å². The van der Waals surface area contributed by atoms with E-state index in [0.717, 1.165) is 31.6 Å². The molecule has 0 unspecified atom stereocenters. The molecule has 1 aliphatic rings. The standard InChI is InChI=1S/C12H14N2O2/c1-10-6-8-13(9-7-10)11-2-4-12(5-3-11)14(15)16/h2-5H,1,6-9H2. The summed E-state index contributed by atoms with van der Waals surface area (Å²) in [6, 6.07) is 6.73. The molecule has 0 aromatic heterocycles. The average molecular weight is 218 g/mol. The zero-order chi connectivity index (χ0) is 11.5. The average Bonchev–Trinajstić information content (AvgIpc) is 2.30. The van der Waals surface area contributed by atoms with Crippen LogP contribution in [-0.2, 0) is 0 Å². The molecule has 1 saturated heterocycles. The van der Waals surface area contributed by atoms with Gasteiger partial charge in [-0.25, -0.2) is 0 Å². The van der Waals surface area contributed by atoms with Crippen LogP contribution in [0.5, 0.6) is 0 Å². The highest BCUT2D eigenvalue weighted by Crippen LogP contribution is 2.23. The van der Waals surface area contributed by atoms with Crippen LogP contribution in [-0.4, -0.2) is 18.0 Å². The van der Waals surface area contributed by atoms with Crippen molar-refractivity contribution in [3.63, 3.8) is 0 Å². The first-order valence-electron chi connectivity index (χ1n) is 5.33. The molecule has 1 aromatic rings. The molecule has 0 atom stereocenters. The molecule has 4 heteroatoms. The third-order valence-electron chi connectivity index (χ3n) is 2.90. The zero-order valence-corrected chi connectivity index (χ0v) is 9.06. The summed E-state index contributed by atoms with van der Waals surface area (Å²) in [6.45, 7) is 5.87. The van der Waals surface area contributed by atoms with E-state index in [1.165, 1.54) is 5.57 Å². The second-order valence-corrected chi connectivity index (χ2v) is 4.01. The highest BCUT2D eigenvalue weighted by Gasteiger charge is 2.14. The SMILES string of the molecule is C=C1CCN(c2ccc([N+](=O)[O-])cc2)CC1. The Bertz CT molecular complexity index is 402. The van der Waals surface area contributed by atoms with Crippen molar-refractivity contribution in [1.82, 2.24) is 0 Å². The summed E-state index contributed by atoms with van der Waals surface area (Å²) >= 11 is 0. The fourth-order valence-corrected chi connectivity index (χ4v) is 1.87. The minimum atomic E-state index is -0.373. The van der Waals surface area contributed by atoms with Crippen molar-refractivity contribution < 1.29 is 4.92 Å². The Morgan fingerprint density at radius 2 is 1.75 bits per heavy atom. The van der Waals surface area contributed by atoms with E-state index in [-0.39, 0.29) is 10.6 Å². The molecule has 0 N–H and O–H groups in total. The topological polar surface area (TPSA) is 46.4 Å². The van der Waals surface area contributed by atoms with E-state index in [1.54, 1.807) is 12.1 Å². The van der Waals surface area contributed by atoms with Crippen LogP contribution in [0.1, 0.15) is 12.8 Å². The number of anilines is 1. The van der Waals surface area contributed by atoms with Gasteiger partial charge in [0, 0.05) is 30.9 Å². The summed E-state index contributed by atoms with van der Waals surface area (Å²) in [5.41, 5.74) is 2.49. The van der Waals surface area contributed by atoms with E-state index in [2.05, 4.69) is 11.5 Å². The van der Waals surface area contributed by atoms with Crippen LogP contribution in [0.15, 0.2) is 36.4 Å². The van der Waals surface area contributed by atoms with Crippen LogP contribution < -0.4 is 4.90 Å². The van der Waals surface area contributed by atoms with Gasteiger partial charge in [0.2, 0.25) is 0 Å². The van der Waals surface area contributed by atoms with Gasteiger partial charge in [0.05, 0.1) is 4.92 Å². The number of rotatable bonds is 2. The first kappa shape index (κ1) is 10.7. The number of nitro benzene ring substituents is 1. The molecule has 1 fully saturated rings. The highest BCUT2D eigenvalue weighted by atomic mass is 16.6. The highest BCUT2D eigenvalue weighted by molar-refractivity contribution is 5.51. The number of non-ortho nitro benzene ring substituents is 1. The fourth-order valence-electron chi connectivity index (χ4n) is 1.87. The van der Waals surface area contributed by atoms with Crippen molar-refractivity contribution in [2.75, 3.05) is 18.0 Å². The first-order valence-corrected chi connectivity index (χ1v) is 5.33. The van der Waals surface area contributed by atoms with Crippen LogP contribution in [0, 0.1) is 10.1 Å². The second-order valence-electron chi connectivity index (χ2n) is 4.01. The van der Waals surface area contributed by atoms with E-state index < -0.39 is 0 Å². The van der Waals surface area contributed by atoms with E-state index in [1.807, 2.05) is 12.1 Å². The molecule has 16 heavy (non-hydrogen) atoms. The number of piperidine rings is 1. The molecule has 0 bridgehead atoms. The van der Waals surface area contributed by atoms with Gasteiger partial charge in [0.1, 0.15) is 0 Å². The summed E-state index contributed by atoms with van der Waals surface area (Å²) in [5, 5.41) is 10.5. The van der Waals surface area contributed by atoms with Gasteiger partial charge in [0.15, 0.2) is 0 Å². The van der Waals surface area contributed by atoms with Gasteiger partial charge < -0.3 is 4.90 Å².